The Morgan fingerprint density at radius 3 is 2.76 bits per heavy atom. The van der Waals surface area contributed by atoms with E-state index in [0.717, 1.165) is 19.4 Å². The molecule has 98 valence electrons. The van der Waals surface area contributed by atoms with Crippen LogP contribution in [-0.2, 0) is 9.53 Å². The molecule has 0 aliphatic heterocycles. The Balaban J connectivity index is 2.18. The van der Waals surface area contributed by atoms with E-state index in [1.54, 1.807) is 0 Å². The zero-order valence-corrected chi connectivity index (χ0v) is 10.2. The number of unbranched alkanes of at least 4 members (excludes halogenated alkanes) is 1. The van der Waals surface area contributed by atoms with Crippen LogP contribution in [0, 0.1) is 5.41 Å². The van der Waals surface area contributed by atoms with Crippen molar-refractivity contribution in [3.8, 4) is 0 Å². The van der Waals surface area contributed by atoms with E-state index in [9.17, 15) is 4.79 Å². The molecule has 0 atom stereocenters. The number of nitrogens with one attached hydrogen (secondary N) is 1. The van der Waals surface area contributed by atoms with Crippen LogP contribution < -0.4 is 11.1 Å². The van der Waals surface area contributed by atoms with Gasteiger partial charge in [-0.2, -0.15) is 0 Å². The summed E-state index contributed by atoms with van der Waals surface area (Å²) in [5.41, 5.74) is 4.73. The molecule has 1 aliphatic rings. The Morgan fingerprint density at radius 2 is 2.24 bits per heavy atom. The number of nitrogens with two attached hydrogens (primary N) is 1. The summed E-state index contributed by atoms with van der Waals surface area (Å²) >= 11 is 0. The van der Waals surface area contributed by atoms with Crippen LogP contribution in [0.15, 0.2) is 5.16 Å². The van der Waals surface area contributed by atoms with Crippen LogP contribution in [0.25, 0.3) is 0 Å². The number of carbonyl (C=O) groups is 1. The fraction of sp³-hybridized carbons (Fsp3) is 0.818. The number of ether oxygens (including phenoxy) is 1. The summed E-state index contributed by atoms with van der Waals surface area (Å²) in [6, 6.07) is 0. The van der Waals surface area contributed by atoms with Gasteiger partial charge in [0, 0.05) is 13.2 Å². The topological polar surface area (TPSA) is 96.9 Å². The van der Waals surface area contributed by atoms with Gasteiger partial charge in [0.1, 0.15) is 5.41 Å². The fourth-order valence-corrected chi connectivity index (χ4v) is 1.57. The normalized spacial score (nSPS) is 17.8. The van der Waals surface area contributed by atoms with E-state index in [1.807, 2.05) is 0 Å². The molecule has 17 heavy (non-hydrogen) atoms. The monoisotopic (exact) mass is 243 g/mol. The number of hydrogen-bond donors (Lipinski definition) is 3. The van der Waals surface area contributed by atoms with Gasteiger partial charge in [0.25, 0.3) is 0 Å². The first-order valence-corrected chi connectivity index (χ1v) is 6.01. The second-order valence-electron chi connectivity index (χ2n) is 4.29. The van der Waals surface area contributed by atoms with Gasteiger partial charge in [0.2, 0.25) is 5.91 Å². The SMILES string of the molecule is CCCCOCCNC(=O)C1(C(N)=NO)CC1. The lowest BCUT2D eigenvalue weighted by molar-refractivity contribution is -0.124. The molecular weight excluding hydrogens is 222 g/mol. The minimum Gasteiger partial charge on any atom is -0.409 e. The van der Waals surface area contributed by atoms with E-state index in [1.165, 1.54) is 0 Å². The highest BCUT2D eigenvalue weighted by Gasteiger charge is 2.54. The van der Waals surface area contributed by atoms with Gasteiger partial charge in [0.05, 0.1) is 6.61 Å². The zero-order valence-electron chi connectivity index (χ0n) is 10.2. The van der Waals surface area contributed by atoms with E-state index < -0.39 is 5.41 Å². The number of nitrogens with zero attached hydrogens (tertiary/aromatic N) is 1. The summed E-state index contributed by atoms with van der Waals surface area (Å²) < 4.78 is 5.32. The third kappa shape index (κ3) is 3.59. The molecule has 1 fully saturated rings. The van der Waals surface area contributed by atoms with Gasteiger partial charge in [-0.15, -0.1) is 0 Å². The summed E-state index contributed by atoms with van der Waals surface area (Å²) in [4.78, 5) is 11.8. The molecule has 0 radical (unpaired) electrons. The number of hydrogen-bond acceptors (Lipinski definition) is 4. The lowest BCUT2D eigenvalue weighted by Gasteiger charge is -2.13. The van der Waals surface area contributed by atoms with Crippen molar-refractivity contribution in [2.75, 3.05) is 19.8 Å². The van der Waals surface area contributed by atoms with E-state index >= 15 is 0 Å². The third-order valence-electron chi connectivity index (χ3n) is 2.96. The van der Waals surface area contributed by atoms with Crippen LogP contribution in [-0.4, -0.2) is 36.7 Å². The van der Waals surface area contributed by atoms with Crippen LogP contribution >= 0.6 is 0 Å². The number of oxime groups is 1. The molecular formula is C11H21N3O3. The van der Waals surface area contributed by atoms with Crippen molar-refractivity contribution in [2.45, 2.75) is 32.6 Å². The second-order valence-corrected chi connectivity index (χ2v) is 4.29. The maximum atomic E-state index is 11.8. The van der Waals surface area contributed by atoms with Gasteiger partial charge >= 0.3 is 0 Å². The highest BCUT2D eigenvalue weighted by molar-refractivity contribution is 6.09. The van der Waals surface area contributed by atoms with E-state index in [4.69, 9.17) is 15.7 Å². The molecule has 0 aromatic rings. The molecule has 0 aromatic carbocycles. The Kier molecular flexibility index (Phi) is 5.21. The summed E-state index contributed by atoms with van der Waals surface area (Å²) in [5.74, 6) is -0.172. The van der Waals surface area contributed by atoms with Crippen LogP contribution in [0.1, 0.15) is 32.6 Å². The largest absolute Gasteiger partial charge is 0.409 e. The first-order valence-electron chi connectivity index (χ1n) is 6.01. The van der Waals surface area contributed by atoms with Crippen molar-refractivity contribution in [3.05, 3.63) is 0 Å². The summed E-state index contributed by atoms with van der Waals surface area (Å²) in [5, 5.41) is 14.2. The number of carbonyl (C=O) groups excluding carboxylic acids is 1. The third-order valence-corrected chi connectivity index (χ3v) is 2.96. The molecule has 0 unspecified atom stereocenters. The molecule has 1 amide bonds. The van der Waals surface area contributed by atoms with Crippen molar-refractivity contribution < 1.29 is 14.7 Å². The van der Waals surface area contributed by atoms with Crippen molar-refractivity contribution in [2.24, 2.45) is 16.3 Å². The van der Waals surface area contributed by atoms with Gasteiger partial charge in [-0.3, -0.25) is 4.79 Å². The van der Waals surface area contributed by atoms with Gasteiger partial charge in [-0.25, -0.2) is 0 Å². The minimum absolute atomic E-state index is 0.00176. The highest BCUT2D eigenvalue weighted by atomic mass is 16.5. The average Bonchev–Trinajstić information content (AvgIpc) is 3.13. The predicted molar refractivity (Wildman–Crippen MR) is 63.8 cm³/mol. The molecule has 1 rings (SSSR count). The first-order chi connectivity index (χ1) is 8.17. The van der Waals surface area contributed by atoms with E-state index in [-0.39, 0.29) is 11.7 Å². The van der Waals surface area contributed by atoms with Crippen molar-refractivity contribution in [3.63, 3.8) is 0 Å². The van der Waals surface area contributed by atoms with Gasteiger partial charge < -0.3 is 21.0 Å². The standard InChI is InChI=1S/C11H21N3O3/c1-2-3-7-17-8-6-13-10(15)11(4-5-11)9(12)14-16/h16H,2-8H2,1H3,(H2,12,14)(H,13,15). The molecule has 1 aliphatic carbocycles. The van der Waals surface area contributed by atoms with Crippen molar-refractivity contribution >= 4 is 11.7 Å². The summed E-state index contributed by atoms with van der Waals surface area (Å²) in [6.45, 7) is 3.78. The van der Waals surface area contributed by atoms with E-state index in [2.05, 4.69) is 17.4 Å². The Bertz CT molecular complexity index is 288. The van der Waals surface area contributed by atoms with E-state index in [0.29, 0.717) is 26.0 Å². The average molecular weight is 243 g/mol. The van der Waals surface area contributed by atoms with Gasteiger partial charge in [-0.05, 0) is 19.3 Å². The molecule has 0 saturated heterocycles. The highest BCUT2D eigenvalue weighted by Crippen LogP contribution is 2.45. The smallest absolute Gasteiger partial charge is 0.234 e. The Labute approximate surface area is 101 Å². The molecule has 6 heteroatoms. The molecule has 1 saturated carbocycles. The quantitative estimate of drug-likeness (QED) is 0.189. The summed E-state index contributed by atoms with van der Waals surface area (Å²) in [7, 11) is 0. The number of amides is 1. The van der Waals surface area contributed by atoms with Crippen LogP contribution in [0.4, 0.5) is 0 Å². The maximum absolute atomic E-state index is 11.8. The van der Waals surface area contributed by atoms with Crippen LogP contribution in [0.3, 0.4) is 0 Å². The van der Waals surface area contributed by atoms with Crippen LogP contribution in [0.2, 0.25) is 0 Å². The zero-order chi connectivity index (χ0) is 12.7. The van der Waals surface area contributed by atoms with Crippen molar-refractivity contribution in [1.29, 1.82) is 0 Å². The second kappa shape index (κ2) is 6.44. The minimum atomic E-state index is -0.766. The Hall–Kier alpha value is -1.30. The Morgan fingerprint density at radius 1 is 1.53 bits per heavy atom. The van der Waals surface area contributed by atoms with Gasteiger partial charge in [-0.1, -0.05) is 18.5 Å². The molecule has 6 nitrogen and oxygen atoms in total. The first kappa shape index (κ1) is 13.8. The number of amidine groups is 1. The van der Waals surface area contributed by atoms with Crippen molar-refractivity contribution in [1.82, 2.24) is 5.32 Å². The molecule has 0 heterocycles. The summed E-state index contributed by atoms with van der Waals surface area (Å²) in [6.07, 6.45) is 3.41. The maximum Gasteiger partial charge on any atom is 0.234 e. The molecule has 0 spiro atoms. The number of rotatable bonds is 8. The molecule has 0 aromatic heterocycles. The van der Waals surface area contributed by atoms with Crippen LogP contribution in [0.5, 0.6) is 0 Å². The van der Waals surface area contributed by atoms with Gasteiger partial charge in [0.15, 0.2) is 5.84 Å². The lowest BCUT2D eigenvalue weighted by atomic mass is 10.1. The molecule has 4 N–H and O–H groups in total. The predicted octanol–water partition coefficient (Wildman–Crippen LogP) is 0.446. The molecule has 0 bridgehead atoms. The fourth-order valence-electron chi connectivity index (χ4n) is 1.57. The lowest BCUT2D eigenvalue weighted by Crippen LogP contribution is -2.41.